The molecule has 0 saturated heterocycles. The van der Waals surface area contributed by atoms with E-state index < -0.39 is 11.7 Å². The Bertz CT molecular complexity index is 1310. The van der Waals surface area contributed by atoms with E-state index in [9.17, 15) is 14.0 Å². The maximum absolute atomic E-state index is 13.0. The molecule has 1 aromatic heterocycles. The van der Waals surface area contributed by atoms with Crippen molar-refractivity contribution in [3.8, 4) is 11.5 Å². The highest BCUT2D eigenvalue weighted by Crippen LogP contribution is 2.28. The van der Waals surface area contributed by atoms with Crippen LogP contribution < -0.4 is 20.1 Å². The lowest BCUT2D eigenvalue weighted by atomic mass is 10.2. The molecule has 0 radical (unpaired) electrons. The van der Waals surface area contributed by atoms with E-state index in [0.717, 1.165) is 5.56 Å². The molecule has 178 valence electrons. The summed E-state index contributed by atoms with van der Waals surface area (Å²) in [5.41, 5.74) is 1.85. The Morgan fingerprint density at radius 3 is 2.46 bits per heavy atom. The van der Waals surface area contributed by atoms with E-state index in [1.807, 2.05) is 30.3 Å². The quantitative estimate of drug-likeness (QED) is 0.376. The second kappa shape index (κ2) is 11.0. The van der Waals surface area contributed by atoms with Gasteiger partial charge in [0.25, 0.3) is 11.8 Å². The van der Waals surface area contributed by atoms with Gasteiger partial charge in [-0.2, -0.15) is 5.10 Å². The zero-order chi connectivity index (χ0) is 24.6. The summed E-state index contributed by atoms with van der Waals surface area (Å²) < 4.78 is 25.6. The summed E-state index contributed by atoms with van der Waals surface area (Å²) in [5.74, 6) is -0.0207. The minimum absolute atomic E-state index is 0.294. The van der Waals surface area contributed by atoms with Gasteiger partial charge in [-0.15, -0.1) is 0 Å². The van der Waals surface area contributed by atoms with Crippen LogP contribution in [0.1, 0.15) is 15.9 Å². The third kappa shape index (κ3) is 6.23. The fourth-order valence-corrected chi connectivity index (χ4v) is 3.31. The highest BCUT2D eigenvalue weighted by molar-refractivity contribution is 6.04. The number of hydrogen-bond donors (Lipinski definition) is 2. The molecule has 35 heavy (non-hydrogen) atoms. The number of nitrogens with one attached hydrogen (secondary N) is 2. The second-order valence-electron chi connectivity index (χ2n) is 7.52. The number of nitrogens with zero attached hydrogens (tertiary/aromatic N) is 2. The number of benzene rings is 3. The van der Waals surface area contributed by atoms with E-state index in [0.29, 0.717) is 35.1 Å². The van der Waals surface area contributed by atoms with Crippen LogP contribution in [0.25, 0.3) is 0 Å². The van der Waals surface area contributed by atoms with Crippen LogP contribution in [-0.4, -0.2) is 35.3 Å². The Morgan fingerprint density at radius 2 is 1.71 bits per heavy atom. The molecule has 0 bridgehead atoms. The predicted octanol–water partition coefficient (Wildman–Crippen LogP) is 4.35. The Hall–Kier alpha value is -4.66. The van der Waals surface area contributed by atoms with Gasteiger partial charge in [0.1, 0.15) is 11.6 Å². The number of anilines is 2. The summed E-state index contributed by atoms with van der Waals surface area (Å²) in [7, 11) is 1.44. The lowest BCUT2D eigenvalue weighted by molar-refractivity contribution is -0.118. The molecule has 8 nitrogen and oxygen atoms in total. The van der Waals surface area contributed by atoms with Gasteiger partial charge in [0.2, 0.25) is 0 Å². The maximum Gasteiger partial charge on any atom is 0.262 e. The summed E-state index contributed by atoms with van der Waals surface area (Å²) >= 11 is 0. The smallest absolute Gasteiger partial charge is 0.262 e. The third-order valence-corrected chi connectivity index (χ3v) is 5.05. The second-order valence-corrected chi connectivity index (χ2v) is 7.52. The molecule has 1 heterocycles. The molecule has 4 aromatic rings. The number of hydrogen-bond acceptors (Lipinski definition) is 5. The summed E-state index contributed by atoms with van der Waals surface area (Å²) in [5, 5.41) is 9.75. The van der Waals surface area contributed by atoms with Crippen LogP contribution >= 0.6 is 0 Å². The first-order chi connectivity index (χ1) is 17.0. The zero-order valence-electron chi connectivity index (χ0n) is 18.9. The van der Waals surface area contributed by atoms with Crippen LogP contribution in [0.15, 0.2) is 85.1 Å². The average molecular weight is 474 g/mol. The van der Waals surface area contributed by atoms with Crippen molar-refractivity contribution in [1.29, 1.82) is 0 Å². The first kappa shape index (κ1) is 23.5. The molecule has 0 saturated carbocycles. The Kier molecular flexibility index (Phi) is 7.37. The molecule has 0 aliphatic carbocycles. The van der Waals surface area contributed by atoms with Gasteiger partial charge in [0, 0.05) is 17.3 Å². The molecular formula is C26H23FN4O4. The summed E-state index contributed by atoms with van der Waals surface area (Å²) in [6.45, 7) is 0.220. The summed E-state index contributed by atoms with van der Waals surface area (Å²) in [4.78, 5) is 25.0. The van der Waals surface area contributed by atoms with Crippen molar-refractivity contribution in [1.82, 2.24) is 9.78 Å². The zero-order valence-corrected chi connectivity index (χ0v) is 18.9. The van der Waals surface area contributed by atoms with Crippen molar-refractivity contribution in [2.75, 3.05) is 24.4 Å². The molecule has 0 spiro atoms. The molecule has 0 aliphatic rings. The number of halogens is 1. The number of rotatable bonds is 9. The van der Waals surface area contributed by atoms with Crippen molar-refractivity contribution in [3.63, 3.8) is 0 Å². The van der Waals surface area contributed by atoms with Gasteiger partial charge >= 0.3 is 0 Å². The van der Waals surface area contributed by atoms with Crippen LogP contribution in [0.5, 0.6) is 11.5 Å². The highest BCUT2D eigenvalue weighted by atomic mass is 19.1. The van der Waals surface area contributed by atoms with E-state index in [1.54, 1.807) is 29.1 Å². The van der Waals surface area contributed by atoms with Gasteiger partial charge in [0.15, 0.2) is 18.1 Å². The molecule has 2 amide bonds. The van der Waals surface area contributed by atoms with Gasteiger partial charge < -0.3 is 20.1 Å². The molecule has 9 heteroatoms. The molecule has 0 unspecified atom stereocenters. The number of aromatic nitrogens is 2. The van der Waals surface area contributed by atoms with Crippen molar-refractivity contribution in [2.24, 2.45) is 0 Å². The minimum Gasteiger partial charge on any atom is -0.493 e. The Morgan fingerprint density at radius 1 is 0.943 bits per heavy atom. The van der Waals surface area contributed by atoms with Gasteiger partial charge in [-0.05, 0) is 48.0 Å². The standard InChI is InChI=1S/C26H23FN4O4/c1-34-23-15-19(7-12-22(23)35-17-25(32)29-21-10-8-20(27)9-11-21)26(33)30-24-13-14-28-31(24)16-18-5-3-2-4-6-18/h2-15H,16-17H2,1H3,(H,29,32)(H,30,33). The largest absolute Gasteiger partial charge is 0.493 e. The minimum atomic E-state index is -0.424. The molecule has 4 rings (SSSR count). The van der Waals surface area contributed by atoms with Crippen LogP contribution in [0, 0.1) is 5.82 Å². The molecule has 3 aromatic carbocycles. The van der Waals surface area contributed by atoms with Crippen LogP contribution in [0.2, 0.25) is 0 Å². The average Bonchev–Trinajstić information content (AvgIpc) is 3.30. The van der Waals surface area contributed by atoms with Gasteiger partial charge in [0.05, 0.1) is 19.9 Å². The third-order valence-electron chi connectivity index (χ3n) is 5.05. The summed E-state index contributed by atoms with van der Waals surface area (Å²) in [6, 6.07) is 21.6. The van der Waals surface area contributed by atoms with Gasteiger partial charge in [-0.1, -0.05) is 30.3 Å². The van der Waals surface area contributed by atoms with Gasteiger partial charge in [-0.3, -0.25) is 9.59 Å². The van der Waals surface area contributed by atoms with E-state index in [2.05, 4.69) is 15.7 Å². The Labute approximate surface area is 201 Å². The van der Waals surface area contributed by atoms with Crippen molar-refractivity contribution in [2.45, 2.75) is 6.54 Å². The fourth-order valence-electron chi connectivity index (χ4n) is 3.31. The fraction of sp³-hybridized carbons (Fsp3) is 0.115. The van der Waals surface area contributed by atoms with Crippen LogP contribution in [0.3, 0.4) is 0 Å². The van der Waals surface area contributed by atoms with Crippen molar-refractivity contribution in [3.05, 3.63) is 102 Å². The molecule has 0 fully saturated rings. The lowest BCUT2D eigenvalue weighted by Crippen LogP contribution is -2.20. The first-order valence-electron chi connectivity index (χ1n) is 10.7. The first-order valence-corrected chi connectivity index (χ1v) is 10.7. The van der Waals surface area contributed by atoms with E-state index >= 15 is 0 Å². The number of carbonyl (C=O) groups is 2. The predicted molar refractivity (Wildman–Crippen MR) is 129 cm³/mol. The SMILES string of the molecule is COc1cc(C(=O)Nc2ccnn2Cc2ccccc2)ccc1OCC(=O)Nc1ccc(F)cc1. The van der Waals surface area contributed by atoms with E-state index in [-0.39, 0.29) is 12.5 Å². The number of ether oxygens (including phenoxy) is 2. The van der Waals surface area contributed by atoms with E-state index in [1.165, 1.54) is 37.4 Å². The number of carbonyl (C=O) groups excluding carboxylic acids is 2. The normalized spacial score (nSPS) is 10.5. The van der Waals surface area contributed by atoms with Crippen LogP contribution in [0.4, 0.5) is 15.9 Å². The van der Waals surface area contributed by atoms with Gasteiger partial charge in [-0.25, -0.2) is 9.07 Å². The molecule has 0 aliphatic heterocycles. The van der Waals surface area contributed by atoms with Crippen molar-refractivity contribution < 1.29 is 23.5 Å². The maximum atomic E-state index is 13.0. The number of methoxy groups -OCH3 is 1. The monoisotopic (exact) mass is 474 g/mol. The Balaban J connectivity index is 1.38. The highest BCUT2D eigenvalue weighted by Gasteiger charge is 2.15. The molecule has 0 atom stereocenters. The topological polar surface area (TPSA) is 94.5 Å². The van der Waals surface area contributed by atoms with Crippen LogP contribution in [-0.2, 0) is 11.3 Å². The lowest BCUT2D eigenvalue weighted by Gasteiger charge is -2.13. The molecule has 2 N–H and O–H groups in total. The molecular weight excluding hydrogens is 451 g/mol. The summed E-state index contributed by atoms with van der Waals surface area (Å²) in [6.07, 6.45) is 1.62. The van der Waals surface area contributed by atoms with E-state index in [4.69, 9.17) is 9.47 Å². The number of amides is 2. The van der Waals surface area contributed by atoms with Crippen molar-refractivity contribution >= 4 is 23.3 Å².